The van der Waals surface area contributed by atoms with Crippen LogP contribution in [0.2, 0.25) is 0 Å². The third-order valence-corrected chi connectivity index (χ3v) is 2.64. The van der Waals surface area contributed by atoms with Crippen molar-refractivity contribution < 1.29 is 0 Å². The molecular weight excluding hydrogens is 190 g/mol. The van der Waals surface area contributed by atoms with E-state index < -0.39 is 0 Å². The summed E-state index contributed by atoms with van der Waals surface area (Å²) in [5.74, 6) is 0. The molecule has 0 aliphatic heterocycles. The molecular formula is C12H19NO2. The lowest BCUT2D eigenvalue weighted by atomic mass is 10.1. The second-order valence-electron chi connectivity index (χ2n) is 4.15. The van der Waals surface area contributed by atoms with Crippen molar-refractivity contribution >= 4 is 5.69 Å². The van der Waals surface area contributed by atoms with Gasteiger partial charge in [-0.25, -0.2) is 0 Å². The first-order valence-electron chi connectivity index (χ1n) is 5.72. The van der Waals surface area contributed by atoms with E-state index in [2.05, 4.69) is 12.2 Å². The molecule has 1 unspecified atom stereocenters. The Labute approximate surface area is 90.2 Å². The second-order valence-corrected chi connectivity index (χ2v) is 4.15. The maximum absolute atomic E-state index is 11.0. The SMILES string of the molecule is CCCCCCC(C)Nc1cc(=O)c1=O. The monoisotopic (exact) mass is 209 g/mol. The van der Waals surface area contributed by atoms with Crippen molar-refractivity contribution in [1.82, 2.24) is 0 Å². The van der Waals surface area contributed by atoms with Gasteiger partial charge in [-0.3, -0.25) is 9.59 Å². The summed E-state index contributed by atoms with van der Waals surface area (Å²) in [4.78, 5) is 21.6. The predicted molar refractivity (Wildman–Crippen MR) is 63.2 cm³/mol. The quantitative estimate of drug-likeness (QED) is 0.552. The van der Waals surface area contributed by atoms with Gasteiger partial charge in [0, 0.05) is 12.1 Å². The van der Waals surface area contributed by atoms with Crippen molar-refractivity contribution in [2.75, 3.05) is 5.32 Å². The van der Waals surface area contributed by atoms with E-state index in [9.17, 15) is 9.59 Å². The van der Waals surface area contributed by atoms with Crippen LogP contribution in [0.15, 0.2) is 15.7 Å². The average Bonchev–Trinajstić information content (AvgIpc) is 2.23. The van der Waals surface area contributed by atoms with Gasteiger partial charge in [0.15, 0.2) is 0 Å². The first-order chi connectivity index (χ1) is 7.15. The van der Waals surface area contributed by atoms with Crippen molar-refractivity contribution in [3.8, 4) is 0 Å². The molecule has 0 aliphatic rings. The van der Waals surface area contributed by atoms with E-state index >= 15 is 0 Å². The smallest absolute Gasteiger partial charge is 0.248 e. The van der Waals surface area contributed by atoms with Crippen LogP contribution in [0.5, 0.6) is 0 Å². The fourth-order valence-corrected chi connectivity index (χ4v) is 1.64. The van der Waals surface area contributed by atoms with Gasteiger partial charge in [0.05, 0.1) is 5.69 Å². The zero-order chi connectivity index (χ0) is 11.3. The average molecular weight is 209 g/mol. The Bertz CT molecular complexity index is 363. The summed E-state index contributed by atoms with van der Waals surface area (Å²) in [5.41, 5.74) is -0.255. The van der Waals surface area contributed by atoms with Gasteiger partial charge in [-0.15, -0.1) is 0 Å². The topological polar surface area (TPSA) is 46.2 Å². The molecule has 0 radical (unpaired) electrons. The van der Waals surface area contributed by atoms with E-state index in [4.69, 9.17) is 0 Å². The largest absolute Gasteiger partial charge is 0.379 e. The zero-order valence-electron chi connectivity index (χ0n) is 9.51. The van der Waals surface area contributed by atoms with Crippen LogP contribution in [0.1, 0.15) is 46.0 Å². The number of hydrogen-bond acceptors (Lipinski definition) is 3. The Balaban J connectivity index is 2.20. The Morgan fingerprint density at radius 1 is 1.27 bits per heavy atom. The molecule has 3 nitrogen and oxygen atoms in total. The molecule has 1 aromatic carbocycles. The lowest BCUT2D eigenvalue weighted by molar-refractivity contribution is 0.593. The third-order valence-electron chi connectivity index (χ3n) is 2.64. The molecule has 0 aliphatic carbocycles. The van der Waals surface area contributed by atoms with Gasteiger partial charge < -0.3 is 5.32 Å². The molecule has 0 saturated carbocycles. The molecule has 0 bridgehead atoms. The highest BCUT2D eigenvalue weighted by Crippen LogP contribution is 2.08. The standard InChI is InChI=1S/C12H19NO2/c1-3-4-5-6-7-9(2)13-10-8-11(14)12(10)15/h8-9,13H,3-7H2,1-2H3. The molecule has 0 heterocycles. The molecule has 1 rings (SSSR count). The fourth-order valence-electron chi connectivity index (χ4n) is 1.64. The minimum atomic E-state index is -0.379. The van der Waals surface area contributed by atoms with Crippen LogP contribution >= 0.6 is 0 Å². The first-order valence-corrected chi connectivity index (χ1v) is 5.72. The lowest BCUT2D eigenvalue weighted by Crippen LogP contribution is -2.34. The molecule has 1 aromatic rings. The van der Waals surface area contributed by atoms with E-state index in [0.29, 0.717) is 5.69 Å². The van der Waals surface area contributed by atoms with Gasteiger partial charge in [-0.05, 0) is 13.3 Å². The van der Waals surface area contributed by atoms with E-state index in [1.807, 2.05) is 6.92 Å². The highest BCUT2D eigenvalue weighted by molar-refractivity contribution is 5.47. The fraction of sp³-hybridized carbons (Fsp3) is 0.667. The Kier molecular flexibility index (Phi) is 4.53. The third kappa shape index (κ3) is 3.50. The molecule has 0 saturated heterocycles. The van der Waals surface area contributed by atoms with Gasteiger partial charge in [0.1, 0.15) is 0 Å². The molecule has 0 spiro atoms. The van der Waals surface area contributed by atoms with Gasteiger partial charge in [-0.2, -0.15) is 0 Å². The summed E-state index contributed by atoms with van der Waals surface area (Å²) >= 11 is 0. The number of unbranched alkanes of at least 4 members (excludes halogenated alkanes) is 3. The van der Waals surface area contributed by atoms with Crippen LogP contribution < -0.4 is 16.2 Å². The molecule has 0 aromatic heterocycles. The van der Waals surface area contributed by atoms with Crippen molar-refractivity contribution in [3.05, 3.63) is 26.5 Å². The van der Waals surface area contributed by atoms with E-state index in [-0.39, 0.29) is 16.9 Å². The Morgan fingerprint density at radius 2 is 2.00 bits per heavy atom. The molecule has 0 fully saturated rings. The van der Waals surface area contributed by atoms with Crippen molar-refractivity contribution in [2.45, 2.75) is 52.0 Å². The molecule has 1 N–H and O–H groups in total. The normalized spacial score (nSPS) is 12.9. The minimum absolute atomic E-state index is 0.283. The lowest BCUT2D eigenvalue weighted by Gasteiger charge is -2.14. The van der Waals surface area contributed by atoms with Crippen LogP contribution in [-0.4, -0.2) is 6.04 Å². The highest BCUT2D eigenvalue weighted by Gasteiger charge is 2.11. The zero-order valence-corrected chi connectivity index (χ0v) is 9.51. The maximum Gasteiger partial charge on any atom is 0.248 e. The van der Waals surface area contributed by atoms with Crippen molar-refractivity contribution in [2.24, 2.45) is 0 Å². The van der Waals surface area contributed by atoms with Gasteiger partial charge in [0.25, 0.3) is 0 Å². The summed E-state index contributed by atoms with van der Waals surface area (Å²) < 4.78 is 0. The predicted octanol–water partition coefficient (Wildman–Crippen LogP) is 2.05. The molecule has 3 heteroatoms. The van der Waals surface area contributed by atoms with Crippen molar-refractivity contribution in [3.63, 3.8) is 0 Å². The van der Waals surface area contributed by atoms with Crippen LogP contribution in [0, 0.1) is 0 Å². The summed E-state index contributed by atoms with van der Waals surface area (Å²) in [7, 11) is 0. The number of nitrogens with one attached hydrogen (secondary N) is 1. The van der Waals surface area contributed by atoms with Crippen LogP contribution in [0.25, 0.3) is 0 Å². The number of hydrogen-bond donors (Lipinski definition) is 1. The van der Waals surface area contributed by atoms with E-state index in [1.165, 1.54) is 31.7 Å². The molecule has 15 heavy (non-hydrogen) atoms. The summed E-state index contributed by atoms with van der Waals surface area (Å²) in [6.07, 6.45) is 5.98. The Hall–Kier alpha value is -1.12. The second kappa shape index (κ2) is 5.69. The number of anilines is 1. The van der Waals surface area contributed by atoms with Crippen LogP contribution in [-0.2, 0) is 0 Å². The van der Waals surface area contributed by atoms with E-state index in [0.717, 1.165) is 6.42 Å². The maximum atomic E-state index is 11.0. The summed E-state index contributed by atoms with van der Waals surface area (Å²) in [6.45, 7) is 4.23. The molecule has 0 amide bonds. The minimum Gasteiger partial charge on any atom is -0.379 e. The van der Waals surface area contributed by atoms with Gasteiger partial charge >= 0.3 is 0 Å². The van der Waals surface area contributed by atoms with Gasteiger partial charge in [0.2, 0.25) is 10.9 Å². The Morgan fingerprint density at radius 3 is 2.53 bits per heavy atom. The number of rotatable bonds is 7. The van der Waals surface area contributed by atoms with Crippen LogP contribution in [0.4, 0.5) is 5.69 Å². The van der Waals surface area contributed by atoms with Crippen molar-refractivity contribution in [1.29, 1.82) is 0 Å². The summed E-state index contributed by atoms with van der Waals surface area (Å²) in [6, 6.07) is 1.66. The molecule has 1 atom stereocenters. The molecule has 84 valence electrons. The summed E-state index contributed by atoms with van der Waals surface area (Å²) in [5, 5.41) is 3.06. The van der Waals surface area contributed by atoms with Gasteiger partial charge in [-0.1, -0.05) is 32.6 Å². The first kappa shape index (κ1) is 12.0. The van der Waals surface area contributed by atoms with E-state index in [1.54, 1.807) is 0 Å². The van der Waals surface area contributed by atoms with Crippen LogP contribution in [0.3, 0.4) is 0 Å². The highest BCUT2D eigenvalue weighted by atomic mass is 16.2.